The largest absolute Gasteiger partial charge is 0.449 e. The molecule has 0 aliphatic carbocycles. The smallest absolute Gasteiger partial charge is 0.286 e. The van der Waals surface area contributed by atoms with Gasteiger partial charge in [-0.3, -0.25) is 0 Å². The fourth-order valence-electron chi connectivity index (χ4n) is 2.06. The quantitative estimate of drug-likeness (QED) is 0.0564. The predicted octanol–water partition coefficient (Wildman–Crippen LogP) is -12.8. The lowest BCUT2D eigenvalue weighted by molar-refractivity contribution is 0.357. The highest BCUT2D eigenvalue weighted by Gasteiger charge is 1.98. The van der Waals surface area contributed by atoms with Gasteiger partial charge in [-0.1, -0.05) is 42.1 Å². The average Bonchev–Trinajstić information content (AvgIpc) is 2.93. The van der Waals surface area contributed by atoms with Gasteiger partial charge in [-0.2, -0.15) is 0 Å². The summed E-state index contributed by atoms with van der Waals surface area (Å²) < 4.78 is 76.1. The van der Waals surface area contributed by atoms with E-state index < -0.39 is 140 Å². The Bertz CT molecular complexity index is 614. The van der Waals surface area contributed by atoms with Crippen LogP contribution >= 0.6 is 0 Å². The van der Waals surface area contributed by atoms with Gasteiger partial charge in [0.2, 0.25) is 0 Å². The molecule has 14 nitrogen and oxygen atoms in total. The van der Waals surface area contributed by atoms with E-state index in [9.17, 15) is 0 Å². The van der Waals surface area contributed by atoms with Crippen LogP contribution in [0, 0.1) is 0 Å². The third kappa shape index (κ3) is 29.0. The highest BCUT2D eigenvalue weighted by Crippen LogP contribution is 1.99. The van der Waals surface area contributed by atoms with Gasteiger partial charge >= 0.3 is 0 Å². The van der Waals surface area contributed by atoms with Gasteiger partial charge in [0, 0.05) is 0 Å². The van der Waals surface area contributed by atoms with Crippen molar-refractivity contribution in [1.82, 2.24) is 0 Å². The van der Waals surface area contributed by atoms with E-state index >= 15 is 0 Å². The lowest BCUT2D eigenvalue weighted by atomic mass is 10.2. The summed E-state index contributed by atoms with van der Waals surface area (Å²) in [5, 5.41) is 0. The molecule has 0 aliphatic rings. The van der Waals surface area contributed by atoms with Crippen LogP contribution < -0.4 is 0 Å². The molecule has 0 spiro atoms. The van der Waals surface area contributed by atoms with Crippen molar-refractivity contribution in [2.24, 2.45) is 0 Å². The molecule has 214 valence electrons. The van der Waals surface area contributed by atoms with E-state index in [0.717, 1.165) is 10.5 Å². The second kappa shape index (κ2) is 32.2. The van der Waals surface area contributed by atoms with Crippen molar-refractivity contribution < 1.29 is 57.6 Å². The highest BCUT2D eigenvalue weighted by atomic mass is 28.4. The zero-order valence-corrected chi connectivity index (χ0v) is 43.0. The van der Waals surface area contributed by atoms with Crippen LogP contribution in [0.2, 0.25) is 0 Å². The summed E-state index contributed by atoms with van der Waals surface area (Å²) in [6.45, 7) is 0. The minimum absolute atomic E-state index is 0.654. The molecule has 0 fully saturated rings. The molecule has 0 aromatic heterocycles. The summed E-state index contributed by atoms with van der Waals surface area (Å²) in [5.41, 5.74) is 3.32. The van der Waals surface area contributed by atoms with E-state index in [0.29, 0.717) is 0 Å². The summed E-state index contributed by atoms with van der Waals surface area (Å²) in [6, 6.07) is 10.2. The van der Waals surface area contributed by atoms with Crippen molar-refractivity contribution in [2.45, 2.75) is 0 Å². The van der Waals surface area contributed by atoms with Crippen LogP contribution in [0.1, 0.15) is 5.56 Å². The molecular formula is C8H38O14Si15. The van der Waals surface area contributed by atoms with Gasteiger partial charge in [-0.05, 0) is 5.56 Å². The van der Waals surface area contributed by atoms with Gasteiger partial charge < -0.3 is 57.6 Å². The molecule has 0 bridgehead atoms. The summed E-state index contributed by atoms with van der Waals surface area (Å²) in [5.74, 6) is 0. The standard InChI is InChI=1S/C8H38O14Si15/c23-9-25-11-27-13-29-15-31-17-33-19-35-21-37-22-36-20-34-18-32-16-30-14-28-12-26-10-24-7-6-8-4-2-1-3-5-8/h1-7H,24-37H2,23H3. The minimum atomic E-state index is -1.02. The molecule has 37 heavy (non-hydrogen) atoms. The molecule has 0 aliphatic heterocycles. The molecule has 1 aromatic carbocycles. The van der Waals surface area contributed by atoms with Crippen molar-refractivity contribution >= 4 is 156 Å². The predicted molar refractivity (Wildman–Crippen MR) is 180 cm³/mol. The maximum Gasteiger partial charge on any atom is 0.286 e. The van der Waals surface area contributed by atoms with E-state index in [4.69, 9.17) is 57.6 Å². The molecule has 0 amide bonds. The molecule has 0 saturated heterocycles. The second-order valence-corrected chi connectivity index (χ2v) is 33.9. The third-order valence-corrected chi connectivity index (χ3v) is 22.5. The number of hydrogen-bond acceptors (Lipinski definition) is 14. The minimum Gasteiger partial charge on any atom is -0.449 e. The number of rotatable bonds is 29. The van der Waals surface area contributed by atoms with Gasteiger partial charge in [-0.15, -0.1) is 0 Å². The van der Waals surface area contributed by atoms with Crippen LogP contribution in [0.3, 0.4) is 0 Å². The van der Waals surface area contributed by atoms with Crippen molar-refractivity contribution in [3.8, 4) is 0 Å². The summed E-state index contributed by atoms with van der Waals surface area (Å²) >= 11 is 0. The summed E-state index contributed by atoms with van der Waals surface area (Å²) in [4.78, 5) is 0. The van der Waals surface area contributed by atoms with E-state index in [1.807, 2.05) is 18.2 Å². The number of benzene rings is 1. The molecule has 0 atom stereocenters. The molecule has 0 radical (unpaired) electrons. The SMILES string of the molecule is [SiH3]O[SiH2]O[SiH2]O[SiH2]O[SiH2]O[SiH2]O[SiH2]O[SiH2]O[SiH2]O[SiH2]O[SiH2]O[SiH2]O[SiH2]O[SiH2]O[SiH2]C=Cc1ccccc1. The molecule has 1 rings (SSSR count). The molecule has 1 aromatic rings. The fourth-order valence-corrected chi connectivity index (χ4v) is 27.2. The van der Waals surface area contributed by atoms with Gasteiger partial charge in [-0.25, -0.2) is 0 Å². The lowest BCUT2D eigenvalue weighted by Crippen LogP contribution is -2.22. The van der Waals surface area contributed by atoms with Crippen LogP contribution in [-0.4, -0.2) is 150 Å². The Hall–Kier alpha value is 1.65. The monoisotopic (exact) mass is 778 g/mol. The molecule has 0 N–H and O–H groups in total. The normalized spacial score (nSPS) is 16.2. The van der Waals surface area contributed by atoms with Gasteiger partial charge in [0.15, 0.2) is 9.76 Å². The van der Waals surface area contributed by atoms with E-state index in [1.54, 1.807) is 0 Å². The topological polar surface area (TPSA) is 129 Å². The zero-order chi connectivity index (χ0) is 26.3. The van der Waals surface area contributed by atoms with Crippen LogP contribution in [0.5, 0.6) is 0 Å². The Morgan fingerprint density at radius 3 is 1.11 bits per heavy atom. The van der Waals surface area contributed by atoms with Crippen LogP contribution in [0.4, 0.5) is 0 Å². The van der Waals surface area contributed by atoms with Gasteiger partial charge in [0.25, 0.3) is 130 Å². The maximum atomic E-state index is 5.65. The zero-order valence-electron chi connectivity index (χ0n) is 21.2. The first-order valence-electron chi connectivity index (χ1n) is 11.1. The van der Waals surface area contributed by atoms with Crippen LogP contribution in [0.25, 0.3) is 6.08 Å². The Kier molecular flexibility index (Phi) is 31.9. The second-order valence-electron chi connectivity index (χ2n) is 6.45. The van der Waals surface area contributed by atoms with E-state index in [2.05, 4.69) is 23.9 Å². The van der Waals surface area contributed by atoms with Crippen LogP contribution in [0.15, 0.2) is 36.0 Å². The molecule has 0 unspecified atom stereocenters. The fraction of sp³-hybridized carbons (Fsp3) is 0. The van der Waals surface area contributed by atoms with E-state index in [1.165, 1.54) is 5.56 Å². The Morgan fingerprint density at radius 1 is 0.432 bits per heavy atom. The van der Waals surface area contributed by atoms with Crippen molar-refractivity contribution in [3.63, 3.8) is 0 Å². The first kappa shape index (κ1) is 36.7. The summed E-state index contributed by atoms with van der Waals surface area (Å²) in [6.07, 6.45) is 2.10. The first-order chi connectivity index (χ1) is 18.4. The van der Waals surface area contributed by atoms with E-state index in [-0.39, 0.29) is 0 Å². The van der Waals surface area contributed by atoms with Gasteiger partial charge in [0.05, 0.1) is 0 Å². The van der Waals surface area contributed by atoms with Crippen molar-refractivity contribution in [1.29, 1.82) is 0 Å². The van der Waals surface area contributed by atoms with Crippen molar-refractivity contribution in [2.75, 3.05) is 0 Å². The molecule has 0 saturated carbocycles. The maximum absolute atomic E-state index is 5.65. The molecular weight excluding hydrogens is 741 g/mol. The molecule has 0 heterocycles. The van der Waals surface area contributed by atoms with Gasteiger partial charge in [0.1, 0.15) is 10.5 Å². The van der Waals surface area contributed by atoms with Crippen LogP contribution in [-0.2, 0) is 57.6 Å². The first-order valence-corrected chi connectivity index (χ1v) is 28.4. The Labute approximate surface area is 254 Å². The highest BCUT2D eigenvalue weighted by molar-refractivity contribution is 6.51. The molecule has 29 heteroatoms. The van der Waals surface area contributed by atoms with Crippen molar-refractivity contribution in [3.05, 3.63) is 41.6 Å². The lowest BCUT2D eigenvalue weighted by Gasteiger charge is -2.09. The third-order valence-electron chi connectivity index (χ3n) is 3.53. The Morgan fingerprint density at radius 2 is 0.757 bits per heavy atom. The number of hydrogen-bond donors (Lipinski definition) is 0. The average molecular weight is 780 g/mol. The summed E-state index contributed by atoms with van der Waals surface area (Å²) in [7, 11) is -12.4. The Balaban J connectivity index is 1.65.